The fourth-order valence-electron chi connectivity index (χ4n) is 3.27. The number of thiophene rings is 1. The highest BCUT2D eigenvalue weighted by Gasteiger charge is 2.22. The molecule has 1 aromatic carbocycles. The summed E-state index contributed by atoms with van der Waals surface area (Å²) in [5.41, 5.74) is 0.919. The maximum absolute atomic E-state index is 12.6. The van der Waals surface area contributed by atoms with Crippen molar-refractivity contribution in [1.82, 2.24) is 15.2 Å². The molecule has 1 aliphatic rings. The number of para-hydroxylation sites is 1. The smallest absolute Gasteiger partial charge is 0.414 e. The summed E-state index contributed by atoms with van der Waals surface area (Å²) in [4.78, 5) is 43.8. The molecule has 0 saturated carbocycles. The Bertz CT molecular complexity index is 1090. The monoisotopic (exact) mass is 474 g/mol. The average Bonchev–Trinajstić information content (AvgIpc) is 3.41. The summed E-state index contributed by atoms with van der Waals surface area (Å²) in [5.74, 6) is -1.06. The fourth-order valence-corrected chi connectivity index (χ4v) is 4.91. The molecule has 4 rings (SSSR count). The highest BCUT2D eigenvalue weighted by molar-refractivity contribution is 7.20. The molecule has 11 heteroatoms. The lowest BCUT2D eigenvalue weighted by Crippen LogP contribution is -2.42. The third-order valence-electron chi connectivity index (χ3n) is 4.77. The maximum atomic E-state index is 12.6. The molecule has 1 aliphatic heterocycles. The summed E-state index contributed by atoms with van der Waals surface area (Å²) in [5, 5.41) is 7.23. The Hall–Kier alpha value is -2.86. The number of thiazole rings is 1. The molecule has 1 saturated heterocycles. The van der Waals surface area contributed by atoms with Gasteiger partial charge in [0.1, 0.15) is 11.1 Å². The number of imide groups is 1. The first-order valence-electron chi connectivity index (χ1n) is 10.1. The number of ether oxygens (including phenoxy) is 2. The Morgan fingerprint density at radius 1 is 1.19 bits per heavy atom. The van der Waals surface area contributed by atoms with E-state index in [1.165, 1.54) is 22.7 Å². The van der Waals surface area contributed by atoms with Gasteiger partial charge in [0.2, 0.25) is 0 Å². The van der Waals surface area contributed by atoms with Gasteiger partial charge < -0.3 is 14.8 Å². The largest absolute Gasteiger partial charge is 0.445 e. The van der Waals surface area contributed by atoms with Crippen molar-refractivity contribution in [2.24, 2.45) is 0 Å². The van der Waals surface area contributed by atoms with E-state index in [0.717, 1.165) is 23.3 Å². The van der Waals surface area contributed by atoms with E-state index in [-0.39, 0.29) is 11.7 Å². The minimum Gasteiger partial charge on any atom is -0.445 e. The first kappa shape index (κ1) is 22.3. The summed E-state index contributed by atoms with van der Waals surface area (Å²) in [6, 6.07) is 8.99. The predicted molar refractivity (Wildman–Crippen MR) is 123 cm³/mol. The summed E-state index contributed by atoms with van der Waals surface area (Å²) in [6.07, 6.45) is -1.22. The second-order valence-electron chi connectivity index (χ2n) is 7.19. The maximum Gasteiger partial charge on any atom is 0.414 e. The van der Waals surface area contributed by atoms with Gasteiger partial charge in [0.05, 0.1) is 29.0 Å². The van der Waals surface area contributed by atoms with Gasteiger partial charge in [-0.2, -0.15) is 0 Å². The van der Waals surface area contributed by atoms with Gasteiger partial charge in [-0.1, -0.05) is 12.1 Å². The van der Waals surface area contributed by atoms with E-state index in [0.29, 0.717) is 29.8 Å². The van der Waals surface area contributed by atoms with Crippen LogP contribution in [0, 0.1) is 0 Å². The molecule has 2 N–H and O–H groups in total. The minimum atomic E-state index is -0.828. The standard InChI is InChI=1S/C21H22N4O5S2/c1-13(12-25-7-9-29-10-8-25)30-21(28)24-17(26)14-6-11-31-19(14)23-18(27)20-22-15-4-2-3-5-16(15)32-20/h2-6,11,13H,7-10,12H2,1H3,(H,23,27)(H,24,26,28). The molecule has 2 aromatic heterocycles. The second kappa shape index (κ2) is 10.2. The van der Waals surface area contributed by atoms with Crippen LogP contribution >= 0.6 is 22.7 Å². The van der Waals surface area contributed by atoms with E-state index in [1.54, 1.807) is 18.4 Å². The van der Waals surface area contributed by atoms with Gasteiger partial charge in [0.15, 0.2) is 5.01 Å². The van der Waals surface area contributed by atoms with Crippen LogP contribution in [-0.2, 0) is 9.47 Å². The van der Waals surface area contributed by atoms with E-state index < -0.39 is 17.9 Å². The molecule has 3 heterocycles. The average molecular weight is 475 g/mol. The van der Waals surface area contributed by atoms with Gasteiger partial charge in [-0.15, -0.1) is 22.7 Å². The molecule has 1 unspecified atom stereocenters. The first-order chi connectivity index (χ1) is 15.5. The molecular weight excluding hydrogens is 452 g/mol. The normalized spacial score (nSPS) is 15.3. The number of morpholine rings is 1. The van der Waals surface area contributed by atoms with Crippen molar-refractivity contribution in [3.63, 3.8) is 0 Å². The number of fused-ring (bicyclic) bond motifs is 1. The lowest BCUT2D eigenvalue weighted by Gasteiger charge is -2.28. The van der Waals surface area contributed by atoms with Crippen LogP contribution in [0.15, 0.2) is 35.7 Å². The summed E-state index contributed by atoms with van der Waals surface area (Å²) in [7, 11) is 0. The van der Waals surface area contributed by atoms with E-state index in [1.807, 2.05) is 24.3 Å². The molecule has 168 valence electrons. The van der Waals surface area contributed by atoms with Crippen LogP contribution < -0.4 is 10.6 Å². The number of amides is 3. The SMILES string of the molecule is CC(CN1CCOCC1)OC(=O)NC(=O)c1ccsc1NC(=O)c1nc2ccccc2s1. The molecule has 1 fully saturated rings. The van der Waals surface area contributed by atoms with E-state index in [2.05, 4.69) is 20.5 Å². The van der Waals surface area contributed by atoms with Crippen molar-refractivity contribution < 1.29 is 23.9 Å². The number of nitrogens with one attached hydrogen (secondary N) is 2. The van der Waals surface area contributed by atoms with Crippen LogP contribution in [0.4, 0.5) is 9.80 Å². The van der Waals surface area contributed by atoms with Gasteiger partial charge in [-0.25, -0.2) is 9.78 Å². The van der Waals surface area contributed by atoms with Crippen LogP contribution in [0.5, 0.6) is 0 Å². The van der Waals surface area contributed by atoms with Crippen molar-refractivity contribution in [3.8, 4) is 0 Å². The number of hydrogen-bond acceptors (Lipinski definition) is 9. The van der Waals surface area contributed by atoms with E-state index >= 15 is 0 Å². The van der Waals surface area contributed by atoms with Crippen molar-refractivity contribution >= 4 is 55.8 Å². The molecule has 3 aromatic rings. The molecule has 1 atom stereocenters. The zero-order valence-electron chi connectivity index (χ0n) is 17.3. The molecule has 0 bridgehead atoms. The van der Waals surface area contributed by atoms with Crippen LogP contribution in [0.1, 0.15) is 27.1 Å². The quantitative estimate of drug-likeness (QED) is 0.565. The molecular formula is C21H22N4O5S2. The number of carbonyl (C=O) groups is 3. The lowest BCUT2D eigenvalue weighted by molar-refractivity contribution is 0.0129. The van der Waals surface area contributed by atoms with E-state index in [9.17, 15) is 14.4 Å². The second-order valence-corrected chi connectivity index (χ2v) is 9.13. The predicted octanol–water partition coefficient (Wildman–Crippen LogP) is 3.20. The summed E-state index contributed by atoms with van der Waals surface area (Å²) in [6.45, 7) is 5.20. The van der Waals surface area contributed by atoms with Crippen LogP contribution in [0.2, 0.25) is 0 Å². The summed E-state index contributed by atoms with van der Waals surface area (Å²) >= 11 is 2.45. The topological polar surface area (TPSA) is 110 Å². The molecule has 0 spiro atoms. The number of hydrogen-bond donors (Lipinski definition) is 2. The van der Waals surface area contributed by atoms with Crippen LogP contribution in [0.25, 0.3) is 10.2 Å². The number of nitrogens with zero attached hydrogens (tertiary/aromatic N) is 2. The first-order valence-corrected chi connectivity index (χ1v) is 11.8. The Labute approximate surface area is 192 Å². The van der Waals surface area contributed by atoms with Crippen molar-refractivity contribution in [2.75, 3.05) is 38.2 Å². The van der Waals surface area contributed by atoms with Crippen molar-refractivity contribution in [1.29, 1.82) is 0 Å². The van der Waals surface area contributed by atoms with Gasteiger partial charge in [-0.05, 0) is 30.5 Å². The van der Waals surface area contributed by atoms with Gasteiger partial charge in [-0.3, -0.25) is 19.8 Å². The number of carbonyl (C=O) groups excluding carboxylic acids is 3. The Balaban J connectivity index is 1.33. The number of benzene rings is 1. The molecule has 0 radical (unpaired) electrons. The number of aromatic nitrogens is 1. The molecule has 3 amide bonds. The molecule has 9 nitrogen and oxygen atoms in total. The lowest BCUT2D eigenvalue weighted by atomic mass is 10.3. The van der Waals surface area contributed by atoms with Crippen molar-refractivity contribution in [2.45, 2.75) is 13.0 Å². The highest BCUT2D eigenvalue weighted by atomic mass is 32.1. The third kappa shape index (κ3) is 5.49. The fraction of sp³-hybridized carbons (Fsp3) is 0.333. The minimum absolute atomic E-state index is 0.183. The van der Waals surface area contributed by atoms with Crippen LogP contribution in [0.3, 0.4) is 0 Å². The van der Waals surface area contributed by atoms with Gasteiger partial charge in [0.25, 0.3) is 11.8 Å². The Kier molecular flexibility index (Phi) is 7.10. The zero-order valence-corrected chi connectivity index (χ0v) is 19.0. The van der Waals surface area contributed by atoms with E-state index in [4.69, 9.17) is 9.47 Å². The molecule has 32 heavy (non-hydrogen) atoms. The Morgan fingerprint density at radius 3 is 2.75 bits per heavy atom. The molecule has 0 aliphatic carbocycles. The van der Waals surface area contributed by atoms with Gasteiger partial charge >= 0.3 is 6.09 Å². The number of alkyl carbamates (subject to hydrolysis) is 1. The van der Waals surface area contributed by atoms with Crippen LogP contribution in [-0.4, -0.2) is 66.7 Å². The number of anilines is 1. The summed E-state index contributed by atoms with van der Waals surface area (Å²) < 4.78 is 11.5. The third-order valence-corrected chi connectivity index (χ3v) is 6.63. The number of rotatable bonds is 6. The van der Waals surface area contributed by atoms with Crippen molar-refractivity contribution in [3.05, 3.63) is 46.3 Å². The van der Waals surface area contributed by atoms with Gasteiger partial charge in [0, 0.05) is 19.6 Å². The highest BCUT2D eigenvalue weighted by Crippen LogP contribution is 2.26. The zero-order chi connectivity index (χ0) is 22.5. The Morgan fingerprint density at radius 2 is 1.97 bits per heavy atom.